The lowest BCUT2D eigenvalue weighted by Gasteiger charge is -2.27. The summed E-state index contributed by atoms with van der Waals surface area (Å²) in [6.07, 6.45) is 6.18. The minimum atomic E-state index is -0.391. The quantitative estimate of drug-likeness (QED) is 0.810. The first-order valence-electron chi connectivity index (χ1n) is 7.32. The second kappa shape index (κ2) is 7.25. The van der Waals surface area contributed by atoms with E-state index in [9.17, 15) is 9.50 Å². The SMILES string of the molecule is N#Cc1cc(F)ccc1NCCCC1CCCCC1O. The van der Waals surface area contributed by atoms with Gasteiger partial charge < -0.3 is 10.4 Å². The first kappa shape index (κ1) is 14.8. The fourth-order valence-electron chi connectivity index (χ4n) is 2.88. The number of nitrogens with one attached hydrogen (secondary N) is 1. The Kier molecular flexibility index (Phi) is 5.37. The molecule has 108 valence electrons. The fourth-order valence-corrected chi connectivity index (χ4v) is 2.88. The standard InChI is InChI=1S/C16H21FN2O/c17-14-7-8-15(13(10-14)11-18)19-9-3-5-12-4-1-2-6-16(12)20/h7-8,10,12,16,19-20H,1-6,9H2. The Hall–Kier alpha value is -1.60. The summed E-state index contributed by atoms with van der Waals surface area (Å²) in [5.74, 6) is 0.0200. The third kappa shape index (κ3) is 3.94. The van der Waals surface area contributed by atoms with Gasteiger partial charge in [-0.3, -0.25) is 0 Å². The van der Waals surface area contributed by atoms with Crippen LogP contribution in [-0.2, 0) is 0 Å². The Morgan fingerprint density at radius 3 is 2.90 bits per heavy atom. The van der Waals surface area contributed by atoms with Crippen LogP contribution in [0.2, 0.25) is 0 Å². The molecule has 1 aromatic carbocycles. The molecule has 1 fully saturated rings. The van der Waals surface area contributed by atoms with Gasteiger partial charge in [-0.05, 0) is 49.8 Å². The van der Waals surface area contributed by atoms with Gasteiger partial charge in [0.05, 0.1) is 17.4 Å². The van der Waals surface area contributed by atoms with Crippen molar-refractivity contribution in [1.29, 1.82) is 5.26 Å². The number of aliphatic hydroxyl groups excluding tert-OH is 1. The second-order valence-corrected chi connectivity index (χ2v) is 5.48. The van der Waals surface area contributed by atoms with Gasteiger partial charge in [-0.15, -0.1) is 0 Å². The largest absolute Gasteiger partial charge is 0.393 e. The van der Waals surface area contributed by atoms with Crippen molar-refractivity contribution in [2.24, 2.45) is 5.92 Å². The van der Waals surface area contributed by atoms with Crippen LogP contribution in [0.5, 0.6) is 0 Å². The lowest BCUT2D eigenvalue weighted by molar-refractivity contribution is 0.0648. The van der Waals surface area contributed by atoms with Gasteiger partial charge in [0.1, 0.15) is 11.9 Å². The maximum Gasteiger partial charge on any atom is 0.124 e. The molecular formula is C16H21FN2O. The summed E-state index contributed by atoms with van der Waals surface area (Å²) >= 11 is 0. The van der Waals surface area contributed by atoms with Crippen LogP contribution >= 0.6 is 0 Å². The smallest absolute Gasteiger partial charge is 0.124 e. The second-order valence-electron chi connectivity index (χ2n) is 5.48. The van der Waals surface area contributed by atoms with E-state index in [2.05, 4.69) is 5.32 Å². The molecule has 1 saturated carbocycles. The Morgan fingerprint density at radius 2 is 2.15 bits per heavy atom. The molecule has 0 spiro atoms. The van der Waals surface area contributed by atoms with Crippen LogP contribution in [-0.4, -0.2) is 17.8 Å². The van der Waals surface area contributed by atoms with Gasteiger partial charge in [-0.2, -0.15) is 5.26 Å². The predicted octanol–water partition coefficient (Wildman–Crippen LogP) is 3.44. The number of nitrogens with zero attached hydrogens (tertiary/aromatic N) is 1. The van der Waals surface area contributed by atoms with Gasteiger partial charge in [0.25, 0.3) is 0 Å². The molecule has 2 rings (SSSR count). The van der Waals surface area contributed by atoms with E-state index in [0.717, 1.165) is 38.6 Å². The first-order valence-corrected chi connectivity index (χ1v) is 7.32. The van der Waals surface area contributed by atoms with Crippen molar-refractivity contribution in [2.45, 2.75) is 44.6 Å². The third-order valence-electron chi connectivity index (χ3n) is 4.04. The zero-order chi connectivity index (χ0) is 14.4. The Bertz CT molecular complexity index is 484. The summed E-state index contributed by atoms with van der Waals surface area (Å²) in [7, 11) is 0. The summed E-state index contributed by atoms with van der Waals surface area (Å²) in [5.41, 5.74) is 1.01. The van der Waals surface area contributed by atoms with Gasteiger partial charge in [0.2, 0.25) is 0 Å². The third-order valence-corrected chi connectivity index (χ3v) is 4.04. The molecule has 0 aliphatic heterocycles. The summed E-state index contributed by atoms with van der Waals surface area (Å²) in [4.78, 5) is 0. The molecule has 20 heavy (non-hydrogen) atoms. The fraction of sp³-hybridized carbons (Fsp3) is 0.562. The van der Waals surface area contributed by atoms with Crippen molar-refractivity contribution in [2.75, 3.05) is 11.9 Å². The van der Waals surface area contributed by atoms with Crippen LogP contribution < -0.4 is 5.32 Å². The first-order chi connectivity index (χ1) is 9.70. The number of aliphatic hydroxyl groups is 1. The Balaban J connectivity index is 1.77. The molecule has 0 radical (unpaired) electrons. The van der Waals surface area contributed by atoms with Crippen molar-refractivity contribution < 1.29 is 9.50 Å². The number of hydrogen-bond acceptors (Lipinski definition) is 3. The van der Waals surface area contributed by atoms with Gasteiger partial charge >= 0.3 is 0 Å². The minimum absolute atomic E-state index is 0.149. The molecule has 3 nitrogen and oxygen atoms in total. The molecule has 0 heterocycles. The number of benzene rings is 1. The molecule has 2 atom stereocenters. The monoisotopic (exact) mass is 276 g/mol. The van der Waals surface area contributed by atoms with E-state index in [1.54, 1.807) is 6.07 Å². The van der Waals surface area contributed by atoms with Crippen LogP contribution in [0.1, 0.15) is 44.1 Å². The van der Waals surface area contributed by atoms with Crippen molar-refractivity contribution in [3.63, 3.8) is 0 Å². The average molecular weight is 276 g/mol. The van der Waals surface area contributed by atoms with Gasteiger partial charge in [-0.1, -0.05) is 12.8 Å². The van der Waals surface area contributed by atoms with Crippen molar-refractivity contribution in [1.82, 2.24) is 0 Å². The topological polar surface area (TPSA) is 56.0 Å². The summed E-state index contributed by atoms with van der Waals surface area (Å²) < 4.78 is 13.0. The summed E-state index contributed by atoms with van der Waals surface area (Å²) in [5, 5.41) is 22.0. The highest BCUT2D eigenvalue weighted by Gasteiger charge is 2.22. The molecule has 2 N–H and O–H groups in total. The minimum Gasteiger partial charge on any atom is -0.393 e. The normalized spacial score (nSPS) is 22.2. The van der Waals surface area contributed by atoms with Crippen LogP contribution in [0.3, 0.4) is 0 Å². The highest BCUT2D eigenvalue weighted by Crippen LogP contribution is 2.28. The molecule has 1 aliphatic rings. The predicted molar refractivity (Wildman–Crippen MR) is 76.8 cm³/mol. The van der Waals surface area contributed by atoms with Gasteiger partial charge in [-0.25, -0.2) is 4.39 Å². The van der Waals surface area contributed by atoms with Crippen LogP contribution in [0.4, 0.5) is 10.1 Å². The number of halogens is 1. The summed E-state index contributed by atoms with van der Waals surface area (Å²) in [6.45, 7) is 0.740. The van der Waals surface area contributed by atoms with Crippen LogP contribution in [0.15, 0.2) is 18.2 Å². The van der Waals surface area contributed by atoms with E-state index >= 15 is 0 Å². The molecule has 0 saturated heterocycles. The zero-order valence-electron chi connectivity index (χ0n) is 11.6. The Labute approximate surface area is 119 Å². The zero-order valence-corrected chi connectivity index (χ0v) is 11.6. The van der Waals surface area contributed by atoms with Gasteiger partial charge in [0.15, 0.2) is 0 Å². The molecule has 0 amide bonds. The molecule has 0 bridgehead atoms. The van der Waals surface area contributed by atoms with Crippen LogP contribution in [0.25, 0.3) is 0 Å². The van der Waals surface area contributed by atoms with Crippen molar-refractivity contribution in [3.8, 4) is 6.07 Å². The van der Waals surface area contributed by atoms with E-state index in [1.807, 2.05) is 6.07 Å². The van der Waals surface area contributed by atoms with E-state index < -0.39 is 5.82 Å². The van der Waals surface area contributed by atoms with E-state index in [0.29, 0.717) is 17.2 Å². The maximum atomic E-state index is 13.0. The molecular weight excluding hydrogens is 255 g/mol. The van der Waals surface area contributed by atoms with Crippen molar-refractivity contribution in [3.05, 3.63) is 29.6 Å². The highest BCUT2D eigenvalue weighted by atomic mass is 19.1. The molecule has 4 heteroatoms. The number of anilines is 1. The highest BCUT2D eigenvalue weighted by molar-refractivity contribution is 5.57. The molecule has 1 aromatic rings. The molecule has 2 unspecified atom stereocenters. The van der Waals surface area contributed by atoms with E-state index in [4.69, 9.17) is 5.26 Å². The van der Waals surface area contributed by atoms with E-state index in [-0.39, 0.29) is 6.10 Å². The van der Waals surface area contributed by atoms with Crippen LogP contribution in [0, 0.1) is 23.1 Å². The lowest BCUT2D eigenvalue weighted by atomic mass is 9.83. The summed E-state index contributed by atoms with van der Waals surface area (Å²) in [6, 6.07) is 6.19. The maximum absolute atomic E-state index is 13.0. The average Bonchev–Trinajstić information content (AvgIpc) is 2.46. The van der Waals surface area contributed by atoms with Gasteiger partial charge in [0, 0.05) is 6.54 Å². The van der Waals surface area contributed by atoms with E-state index in [1.165, 1.54) is 18.6 Å². The Morgan fingerprint density at radius 1 is 1.35 bits per heavy atom. The molecule has 1 aliphatic carbocycles. The van der Waals surface area contributed by atoms with Crippen molar-refractivity contribution >= 4 is 5.69 Å². The lowest BCUT2D eigenvalue weighted by Crippen LogP contribution is -2.24. The number of nitriles is 1. The number of hydrogen-bond donors (Lipinski definition) is 2. The number of rotatable bonds is 5. The molecule has 0 aromatic heterocycles.